The van der Waals surface area contributed by atoms with E-state index in [1.165, 1.54) is 6.92 Å². The number of aliphatic carboxylic acids is 8. The van der Waals surface area contributed by atoms with Gasteiger partial charge in [0, 0.05) is 12.2 Å². The maximum Gasteiger partial charge on any atom is 0.335 e. The first kappa shape index (κ1) is 50.6. The molecule has 0 fully saturated rings. The first-order chi connectivity index (χ1) is 21.3. The summed E-state index contributed by atoms with van der Waals surface area (Å²) in [5.74, 6) is -12.2. The Morgan fingerprint density at radius 1 is 0.574 bits per heavy atom. The van der Waals surface area contributed by atoms with E-state index in [0.717, 1.165) is 0 Å². The molecule has 0 saturated heterocycles. The monoisotopic (exact) mass is 688 g/mol. The van der Waals surface area contributed by atoms with Gasteiger partial charge in [-0.05, 0) is 19.1 Å². The third-order valence-corrected chi connectivity index (χ3v) is 3.34. The lowest BCUT2D eigenvalue weighted by Crippen LogP contribution is -2.39. The highest BCUT2D eigenvalue weighted by Gasteiger charge is 2.29. The van der Waals surface area contributed by atoms with Crippen LogP contribution in [0.25, 0.3) is 0 Å². The van der Waals surface area contributed by atoms with Crippen LogP contribution in [0.5, 0.6) is 0 Å². The lowest BCUT2D eigenvalue weighted by Gasteiger charge is -2.07. The van der Waals surface area contributed by atoms with E-state index in [1.807, 2.05) is 0 Å². The second kappa shape index (κ2) is 30.0. The molecule has 0 radical (unpaired) electrons. The van der Waals surface area contributed by atoms with Crippen LogP contribution in [-0.2, 0) is 38.4 Å². The molecule has 1 aromatic rings. The van der Waals surface area contributed by atoms with Gasteiger partial charge in [-0.25, -0.2) is 38.4 Å². The van der Waals surface area contributed by atoms with Gasteiger partial charge in [0.15, 0.2) is 18.3 Å². The van der Waals surface area contributed by atoms with Gasteiger partial charge < -0.3 is 71.5 Å². The fourth-order valence-corrected chi connectivity index (χ4v) is 1.25. The minimum atomic E-state index is -2.27. The van der Waals surface area contributed by atoms with Gasteiger partial charge in [0.1, 0.15) is 12.7 Å². The summed E-state index contributed by atoms with van der Waals surface area (Å²) in [6, 6.07) is 8.30. The number of benzene rings is 1. The fourth-order valence-electron chi connectivity index (χ4n) is 1.25. The third-order valence-electron chi connectivity index (χ3n) is 3.34. The summed E-state index contributed by atoms with van der Waals surface area (Å²) in [5, 5.41) is 111. The molecular formula is C24H32O23. The van der Waals surface area contributed by atoms with E-state index < -0.39 is 91.2 Å². The molecule has 0 aliphatic carbocycles. The van der Waals surface area contributed by atoms with Gasteiger partial charge >= 0.3 is 53.7 Å². The summed E-state index contributed by atoms with van der Waals surface area (Å²) in [6.07, 6.45) is -7.19. The molecule has 0 aromatic heterocycles. The molecule has 266 valence electrons. The van der Waals surface area contributed by atoms with Crippen molar-refractivity contribution in [3.8, 4) is 0 Å². The van der Waals surface area contributed by atoms with Gasteiger partial charge in [-0.2, -0.15) is 0 Å². The van der Waals surface area contributed by atoms with Crippen LogP contribution < -0.4 is 0 Å². The molecule has 1 rings (SSSR count). The molecule has 47 heavy (non-hydrogen) atoms. The Hall–Kier alpha value is -6.01. The van der Waals surface area contributed by atoms with Crippen molar-refractivity contribution in [2.75, 3.05) is 6.61 Å². The first-order valence-electron chi connectivity index (χ1n) is 11.5. The number of aliphatic hydroxyl groups excluding tert-OH is 5. The SMILES string of the molecule is CC(O)C(=O)O.O=C(O)C(O)C(O)C(=O)O.O=C(O)C=CC(=O)O.O=C(O)CC(O)C(=O)O.O=C(O)CO.O=C(O)c1ccccc1. The molecule has 1 aromatic carbocycles. The lowest BCUT2D eigenvalue weighted by atomic mass is 10.2. The van der Waals surface area contributed by atoms with Crippen molar-refractivity contribution in [1.82, 2.24) is 0 Å². The topological polar surface area (TPSA) is 437 Å². The van der Waals surface area contributed by atoms with Gasteiger partial charge in [0.25, 0.3) is 0 Å². The lowest BCUT2D eigenvalue weighted by molar-refractivity contribution is -0.165. The van der Waals surface area contributed by atoms with E-state index in [2.05, 4.69) is 0 Å². The zero-order chi connectivity index (χ0) is 38.4. The van der Waals surface area contributed by atoms with Crippen molar-refractivity contribution in [3.05, 3.63) is 48.0 Å². The molecular weight excluding hydrogens is 656 g/mol. The van der Waals surface area contributed by atoms with Crippen LogP contribution >= 0.6 is 0 Å². The predicted molar refractivity (Wildman–Crippen MR) is 145 cm³/mol. The largest absolute Gasteiger partial charge is 0.481 e. The molecule has 0 saturated carbocycles. The zero-order valence-corrected chi connectivity index (χ0v) is 23.7. The average Bonchev–Trinajstić information content (AvgIpc) is 2.96. The summed E-state index contributed by atoms with van der Waals surface area (Å²) in [6.45, 7) is 0.419. The van der Waals surface area contributed by atoms with Crippen LogP contribution in [0.2, 0.25) is 0 Å². The van der Waals surface area contributed by atoms with Crippen LogP contribution in [-0.4, -0.2) is 156 Å². The molecule has 23 nitrogen and oxygen atoms in total. The maximum atomic E-state index is 10.2. The summed E-state index contributed by atoms with van der Waals surface area (Å²) < 4.78 is 0. The van der Waals surface area contributed by atoms with Crippen LogP contribution in [0.15, 0.2) is 42.5 Å². The normalized spacial score (nSPS) is 11.6. The van der Waals surface area contributed by atoms with Crippen LogP contribution in [0.1, 0.15) is 23.7 Å². The number of aliphatic hydroxyl groups is 5. The standard InChI is InChI=1S/C7H6O2.C4H6O6.C4H6O5.C4H4O4.C3H6O3.C2H4O3/c8-7(9)6-4-2-1-3-5-6;5-1(3(7)8)2(6)4(9)10;5-2(4(8)9)1-3(6)7;5-3(6)1-2-4(7)8;1-2(4)3(5)6;3-1-2(4)5/h1-5H,(H,8,9);1-2,5-6H,(H,7,8)(H,9,10);2,5H,1H2,(H,6,7)(H,8,9);1-2H,(H,5,6)(H,7,8);2,4H,1H3,(H,5,6);3H,1H2,(H,4,5). The minimum absolute atomic E-state index is 0.331. The van der Waals surface area contributed by atoms with Crippen molar-refractivity contribution in [2.45, 2.75) is 37.8 Å². The molecule has 0 bridgehead atoms. The van der Waals surface area contributed by atoms with Gasteiger partial charge in [-0.15, -0.1) is 0 Å². The number of carboxylic acids is 9. The van der Waals surface area contributed by atoms with Crippen molar-refractivity contribution in [3.63, 3.8) is 0 Å². The van der Waals surface area contributed by atoms with Gasteiger partial charge in [0.2, 0.25) is 0 Å². The van der Waals surface area contributed by atoms with Crippen molar-refractivity contribution < 1.29 is 115 Å². The summed E-state index contributed by atoms with van der Waals surface area (Å²) in [7, 11) is 0. The summed E-state index contributed by atoms with van der Waals surface area (Å²) >= 11 is 0. The Morgan fingerprint density at radius 2 is 0.894 bits per heavy atom. The quantitative estimate of drug-likeness (QED) is 0.0998. The Morgan fingerprint density at radius 3 is 1.02 bits per heavy atom. The van der Waals surface area contributed by atoms with Crippen molar-refractivity contribution in [2.24, 2.45) is 0 Å². The molecule has 4 unspecified atom stereocenters. The smallest absolute Gasteiger partial charge is 0.335 e. The summed E-state index contributed by atoms with van der Waals surface area (Å²) in [5.41, 5.74) is 0.331. The zero-order valence-electron chi connectivity index (χ0n) is 23.7. The van der Waals surface area contributed by atoms with Crippen molar-refractivity contribution >= 4 is 53.7 Å². The van der Waals surface area contributed by atoms with E-state index in [1.54, 1.807) is 30.3 Å². The van der Waals surface area contributed by atoms with E-state index in [-0.39, 0.29) is 0 Å². The maximum absolute atomic E-state index is 10.2. The van der Waals surface area contributed by atoms with E-state index in [0.29, 0.717) is 17.7 Å². The Kier molecular flexibility index (Phi) is 32.3. The van der Waals surface area contributed by atoms with E-state index in [9.17, 15) is 38.4 Å². The third kappa shape index (κ3) is 42.2. The van der Waals surface area contributed by atoms with Crippen LogP contribution in [0.4, 0.5) is 0 Å². The van der Waals surface area contributed by atoms with Gasteiger partial charge in [-0.3, -0.25) is 4.79 Å². The molecule has 0 amide bonds. The second-order valence-corrected chi connectivity index (χ2v) is 7.27. The first-order valence-corrected chi connectivity index (χ1v) is 11.5. The van der Waals surface area contributed by atoms with E-state index in [4.69, 9.17) is 76.3 Å². The molecule has 0 spiro atoms. The minimum Gasteiger partial charge on any atom is -0.481 e. The summed E-state index contributed by atoms with van der Waals surface area (Å²) in [4.78, 5) is 86.8. The fraction of sp³-hybridized carbons (Fsp3) is 0.292. The number of carbonyl (C=O) groups is 9. The Balaban J connectivity index is -0.000000152. The van der Waals surface area contributed by atoms with E-state index >= 15 is 0 Å². The van der Waals surface area contributed by atoms with Crippen molar-refractivity contribution in [1.29, 1.82) is 0 Å². The number of hydrogen-bond donors (Lipinski definition) is 14. The number of hydrogen-bond acceptors (Lipinski definition) is 14. The highest BCUT2D eigenvalue weighted by atomic mass is 16.4. The Labute approximate surface area is 261 Å². The molecule has 14 N–H and O–H groups in total. The molecule has 4 atom stereocenters. The molecule has 0 heterocycles. The number of carboxylic acid groups (broad SMARTS) is 9. The predicted octanol–water partition coefficient (Wildman–Crippen LogP) is -3.60. The highest BCUT2D eigenvalue weighted by Crippen LogP contribution is 1.96. The van der Waals surface area contributed by atoms with Crippen LogP contribution in [0.3, 0.4) is 0 Å². The number of rotatable bonds is 11. The molecule has 23 heteroatoms. The van der Waals surface area contributed by atoms with Gasteiger partial charge in [-0.1, -0.05) is 18.2 Å². The molecule has 0 aliphatic rings. The second-order valence-electron chi connectivity index (χ2n) is 7.27. The number of aromatic carboxylic acids is 1. The van der Waals surface area contributed by atoms with Crippen LogP contribution in [0, 0.1) is 0 Å². The Bertz CT molecular complexity index is 1140. The van der Waals surface area contributed by atoms with Gasteiger partial charge in [0.05, 0.1) is 12.0 Å². The highest BCUT2D eigenvalue weighted by molar-refractivity contribution is 5.89. The molecule has 0 aliphatic heterocycles. The average molecular weight is 688 g/mol.